The maximum absolute atomic E-state index is 12.6. The number of ether oxygens (including phenoxy) is 1. The minimum atomic E-state index is 0.147. The Morgan fingerprint density at radius 2 is 1.68 bits per heavy atom. The topological polar surface area (TPSA) is 61.9 Å². The van der Waals surface area contributed by atoms with Crippen molar-refractivity contribution in [3.05, 3.63) is 0 Å². The number of nitrogens with zero attached hydrogens (tertiary/aromatic N) is 2. The van der Waals surface area contributed by atoms with Gasteiger partial charge < -0.3 is 19.9 Å². The quantitative estimate of drug-likeness (QED) is 0.722. The Morgan fingerprint density at radius 1 is 1.00 bits per heavy atom. The molecule has 6 heteroatoms. The summed E-state index contributed by atoms with van der Waals surface area (Å²) in [7, 11) is 0. The van der Waals surface area contributed by atoms with Gasteiger partial charge in [-0.2, -0.15) is 0 Å². The lowest BCUT2D eigenvalue weighted by molar-refractivity contribution is -0.137. The van der Waals surface area contributed by atoms with Crippen molar-refractivity contribution < 1.29 is 14.3 Å². The van der Waals surface area contributed by atoms with Gasteiger partial charge in [0.1, 0.15) is 0 Å². The Labute approximate surface area is 170 Å². The van der Waals surface area contributed by atoms with Gasteiger partial charge in [-0.1, -0.05) is 13.8 Å². The fourth-order valence-corrected chi connectivity index (χ4v) is 5.04. The fourth-order valence-electron chi connectivity index (χ4n) is 5.04. The molecule has 0 bridgehead atoms. The first-order chi connectivity index (χ1) is 13.6. The molecule has 0 radical (unpaired) electrons. The van der Waals surface area contributed by atoms with Gasteiger partial charge in [0, 0.05) is 44.1 Å². The van der Waals surface area contributed by atoms with Gasteiger partial charge in [0.15, 0.2) is 0 Å². The highest BCUT2D eigenvalue weighted by molar-refractivity contribution is 5.79. The fraction of sp³-hybridized carbons (Fsp3) is 0.909. The van der Waals surface area contributed by atoms with Gasteiger partial charge in [-0.3, -0.25) is 9.59 Å². The van der Waals surface area contributed by atoms with E-state index in [9.17, 15) is 9.59 Å². The molecule has 6 nitrogen and oxygen atoms in total. The highest BCUT2D eigenvalue weighted by atomic mass is 16.5. The molecule has 3 heterocycles. The number of likely N-dealkylation sites (tertiary alicyclic amines) is 2. The van der Waals surface area contributed by atoms with Crippen LogP contribution in [-0.2, 0) is 14.3 Å². The van der Waals surface area contributed by atoms with Gasteiger partial charge in [-0.05, 0) is 64.5 Å². The molecule has 1 N–H and O–H groups in total. The number of carbonyl (C=O) groups is 2. The maximum atomic E-state index is 12.6. The predicted octanol–water partition coefficient (Wildman–Crippen LogP) is 2.42. The molecule has 28 heavy (non-hydrogen) atoms. The van der Waals surface area contributed by atoms with Crippen molar-refractivity contribution >= 4 is 11.8 Å². The molecule has 0 saturated carbocycles. The third-order valence-corrected chi connectivity index (χ3v) is 7.06. The molecule has 0 aliphatic carbocycles. The van der Waals surface area contributed by atoms with Crippen LogP contribution in [0.3, 0.4) is 0 Å². The Hall–Kier alpha value is -1.14. The van der Waals surface area contributed by atoms with Crippen LogP contribution in [0.5, 0.6) is 0 Å². The Bertz CT molecular complexity index is 501. The lowest BCUT2D eigenvalue weighted by Crippen LogP contribution is -2.51. The molecule has 3 aliphatic heterocycles. The van der Waals surface area contributed by atoms with Crippen LogP contribution in [0.4, 0.5) is 0 Å². The highest BCUT2D eigenvalue weighted by Gasteiger charge is 2.32. The number of carbonyl (C=O) groups excluding carboxylic acids is 2. The summed E-state index contributed by atoms with van der Waals surface area (Å²) in [6, 6.07) is 0.571. The van der Waals surface area contributed by atoms with Crippen LogP contribution in [0.15, 0.2) is 0 Å². The van der Waals surface area contributed by atoms with E-state index in [1.807, 2.05) is 0 Å². The van der Waals surface area contributed by atoms with Crippen LogP contribution in [-0.4, -0.2) is 73.1 Å². The van der Waals surface area contributed by atoms with Gasteiger partial charge in [-0.25, -0.2) is 0 Å². The Kier molecular flexibility index (Phi) is 8.15. The standard InChI is InChI=1S/C22H39N3O3/c1-3-17(4-2)22(27)25-13-9-19(10-14-25)24-11-7-18(8-12-24)21(26)23-16-20-6-5-15-28-20/h17-20H,3-16H2,1-2H3,(H,23,26)/t20-/m1/s1. The molecule has 0 spiro atoms. The van der Waals surface area contributed by atoms with E-state index in [0.29, 0.717) is 18.5 Å². The summed E-state index contributed by atoms with van der Waals surface area (Å²) in [4.78, 5) is 29.7. The minimum Gasteiger partial charge on any atom is -0.376 e. The second-order valence-corrected chi connectivity index (χ2v) is 8.76. The van der Waals surface area contributed by atoms with Gasteiger partial charge in [0.2, 0.25) is 11.8 Å². The zero-order chi connectivity index (χ0) is 19.9. The van der Waals surface area contributed by atoms with Gasteiger partial charge in [-0.15, -0.1) is 0 Å². The minimum absolute atomic E-state index is 0.147. The van der Waals surface area contributed by atoms with Crippen LogP contribution in [0.2, 0.25) is 0 Å². The van der Waals surface area contributed by atoms with Crippen LogP contribution in [0.25, 0.3) is 0 Å². The van der Waals surface area contributed by atoms with Crippen molar-refractivity contribution in [1.82, 2.24) is 15.1 Å². The molecular formula is C22H39N3O3. The summed E-state index contributed by atoms with van der Waals surface area (Å²) in [6.45, 7) is 9.51. The predicted molar refractivity (Wildman–Crippen MR) is 110 cm³/mol. The summed E-state index contributed by atoms with van der Waals surface area (Å²) >= 11 is 0. The zero-order valence-corrected chi connectivity index (χ0v) is 17.8. The van der Waals surface area contributed by atoms with Gasteiger partial charge in [0.05, 0.1) is 6.10 Å². The molecule has 3 fully saturated rings. The van der Waals surface area contributed by atoms with Crippen molar-refractivity contribution in [1.29, 1.82) is 0 Å². The molecule has 3 aliphatic rings. The van der Waals surface area contributed by atoms with Gasteiger partial charge >= 0.3 is 0 Å². The molecule has 3 saturated heterocycles. The van der Waals surface area contributed by atoms with Crippen molar-refractivity contribution in [2.45, 2.75) is 77.4 Å². The summed E-state index contributed by atoms with van der Waals surface area (Å²) in [5.41, 5.74) is 0. The monoisotopic (exact) mass is 393 g/mol. The van der Waals surface area contributed by atoms with Gasteiger partial charge in [0.25, 0.3) is 0 Å². The molecule has 0 unspecified atom stereocenters. The first kappa shape index (κ1) is 21.6. The average molecular weight is 394 g/mol. The van der Waals surface area contributed by atoms with E-state index in [-0.39, 0.29) is 23.8 Å². The largest absolute Gasteiger partial charge is 0.376 e. The van der Waals surface area contributed by atoms with Crippen molar-refractivity contribution in [3.8, 4) is 0 Å². The lowest BCUT2D eigenvalue weighted by atomic mass is 9.92. The number of hydrogen-bond donors (Lipinski definition) is 1. The Balaban J connectivity index is 1.36. The summed E-state index contributed by atoms with van der Waals surface area (Å²) < 4.78 is 5.59. The van der Waals surface area contributed by atoms with Crippen molar-refractivity contribution in [2.24, 2.45) is 11.8 Å². The van der Waals surface area contributed by atoms with E-state index in [1.165, 1.54) is 0 Å². The molecule has 3 rings (SSSR count). The normalized spacial score (nSPS) is 25.4. The van der Waals surface area contributed by atoms with E-state index >= 15 is 0 Å². The maximum Gasteiger partial charge on any atom is 0.225 e. The molecule has 0 aromatic rings. The number of hydrogen-bond acceptors (Lipinski definition) is 4. The second kappa shape index (κ2) is 10.6. The van der Waals surface area contributed by atoms with E-state index in [4.69, 9.17) is 4.74 Å². The van der Waals surface area contributed by atoms with Crippen LogP contribution in [0, 0.1) is 11.8 Å². The first-order valence-electron chi connectivity index (χ1n) is 11.5. The number of amides is 2. The second-order valence-electron chi connectivity index (χ2n) is 8.76. The number of piperidine rings is 2. The van der Waals surface area contributed by atoms with Crippen LogP contribution >= 0.6 is 0 Å². The van der Waals surface area contributed by atoms with Crippen molar-refractivity contribution in [2.75, 3.05) is 39.3 Å². The molecule has 1 atom stereocenters. The highest BCUT2D eigenvalue weighted by Crippen LogP contribution is 2.25. The smallest absolute Gasteiger partial charge is 0.225 e. The number of nitrogens with one attached hydrogen (secondary N) is 1. The molecular weight excluding hydrogens is 354 g/mol. The molecule has 2 amide bonds. The summed E-state index contributed by atoms with van der Waals surface area (Å²) in [5.74, 6) is 0.903. The van der Waals surface area contributed by atoms with E-state index in [2.05, 4.69) is 29.0 Å². The number of rotatable bonds is 7. The molecule has 160 valence electrons. The first-order valence-corrected chi connectivity index (χ1v) is 11.5. The zero-order valence-electron chi connectivity index (χ0n) is 17.8. The van der Waals surface area contributed by atoms with E-state index < -0.39 is 0 Å². The molecule has 0 aromatic carbocycles. The van der Waals surface area contributed by atoms with E-state index in [0.717, 1.165) is 84.2 Å². The third kappa shape index (κ3) is 5.47. The SMILES string of the molecule is CCC(CC)C(=O)N1CCC(N2CCC(C(=O)NC[C@H]3CCCO3)CC2)CC1. The van der Waals surface area contributed by atoms with Crippen LogP contribution < -0.4 is 5.32 Å². The lowest BCUT2D eigenvalue weighted by Gasteiger charge is -2.42. The van der Waals surface area contributed by atoms with Crippen LogP contribution in [0.1, 0.15) is 65.2 Å². The molecule has 0 aromatic heterocycles. The summed E-state index contributed by atoms with van der Waals surface area (Å²) in [5, 5.41) is 3.10. The average Bonchev–Trinajstić information content (AvgIpc) is 3.27. The summed E-state index contributed by atoms with van der Waals surface area (Å²) in [6.07, 6.45) is 8.32. The van der Waals surface area contributed by atoms with Crippen molar-refractivity contribution in [3.63, 3.8) is 0 Å². The third-order valence-electron chi connectivity index (χ3n) is 7.06. The Morgan fingerprint density at radius 3 is 2.25 bits per heavy atom. The van der Waals surface area contributed by atoms with E-state index in [1.54, 1.807) is 0 Å².